The van der Waals surface area contributed by atoms with Crippen LogP contribution in [0.25, 0.3) is 0 Å². The minimum Gasteiger partial charge on any atom is -0.327 e. The zero-order valence-electron chi connectivity index (χ0n) is 7.19. The highest BCUT2D eigenvalue weighted by atomic mass is 14.9. The van der Waals surface area contributed by atoms with Gasteiger partial charge in [0.1, 0.15) is 0 Å². The quantitative estimate of drug-likeness (QED) is 0.565. The van der Waals surface area contributed by atoms with Crippen molar-refractivity contribution in [2.24, 2.45) is 53.1 Å². The van der Waals surface area contributed by atoms with Gasteiger partial charge in [0.25, 0.3) is 0 Å². The normalized spacial score (nSPS) is 85.2. The topological polar surface area (TPSA) is 26.0 Å². The molecule has 0 unspecified atom stereocenters. The first-order chi connectivity index (χ1) is 5.88. The van der Waals surface area contributed by atoms with Gasteiger partial charge in [-0.2, -0.15) is 0 Å². The minimum atomic E-state index is 0.646. The predicted octanol–water partition coefficient (Wildman–Crippen LogP) is 1.09. The van der Waals surface area contributed by atoms with E-state index in [-0.39, 0.29) is 0 Å². The summed E-state index contributed by atoms with van der Waals surface area (Å²) in [4.78, 5) is 0. The van der Waals surface area contributed by atoms with Crippen molar-refractivity contribution in [2.75, 3.05) is 0 Å². The third kappa shape index (κ3) is 0.296. The first kappa shape index (κ1) is 5.64. The van der Waals surface area contributed by atoms with Gasteiger partial charge >= 0.3 is 0 Å². The highest BCUT2D eigenvalue weighted by Crippen LogP contribution is 2.82. The summed E-state index contributed by atoms with van der Waals surface area (Å²) < 4.78 is 0. The largest absolute Gasteiger partial charge is 0.327 e. The second-order valence-electron chi connectivity index (χ2n) is 6.01. The van der Waals surface area contributed by atoms with Gasteiger partial charge in [0.2, 0.25) is 0 Å². The lowest BCUT2D eigenvalue weighted by molar-refractivity contribution is 0.0167. The van der Waals surface area contributed by atoms with E-state index in [1.165, 1.54) is 11.8 Å². The van der Waals surface area contributed by atoms with Crippen LogP contribution in [0.15, 0.2) is 0 Å². The van der Waals surface area contributed by atoms with Crippen molar-refractivity contribution in [1.82, 2.24) is 0 Å². The van der Waals surface area contributed by atoms with Crippen LogP contribution in [-0.2, 0) is 0 Å². The molecule has 12 heavy (non-hydrogen) atoms. The van der Waals surface area contributed by atoms with Crippen molar-refractivity contribution in [2.45, 2.75) is 18.9 Å². The van der Waals surface area contributed by atoms with Gasteiger partial charge < -0.3 is 5.73 Å². The van der Waals surface area contributed by atoms with Crippen molar-refractivity contribution in [3.8, 4) is 0 Å². The summed E-state index contributed by atoms with van der Waals surface area (Å²) in [5.41, 5.74) is 6.34. The van der Waals surface area contributed by atoms with E-state index in [2.05, 4.69) is 0 Å². The smallest absolute Gasteiger partial charge is 0.0107 e. The number of hydrogen-bond acceptors (Lipinski definition) is 1. The van der Waals surface area contributed by atoms with Crippen LogP contribution >= 0.6 is 0 Å². The maximum Gasteiger partial charge on any atom is 0.0107 e. The first-order valence-corrected chi connectivity index (χ1v) is 5.63. The summed E-state index contributed by atoms with van der Waals surface area (Å²) in [6.45, 7) is 0. The minimum absolute atomic E-state index is 0.646. The lowest BCUT2D eigenvalue weighted by Crippen LogP contribution is -2.49. The molecule has 2 bridgehead atoms. The molecule has 9 atom stereocenters. The summed E-state index contributed by atoms with van der Waals surface area (Å²) in [6, 6.07) is 0.646. The molecule has 0 heterocycles. The maximum atomic E-state index is 6.34. The van der Waals surface area contributed by atoms with Crippen LogP contribution in [0, 0.1) is 47.3 Å². The fourth-order valence-corrected chi connectivity index (χ4v) is 6.55. The van der Waals surface area contributed by atoms with Crippen LogP contribution in [-0.4, -0.2) is 6.04 Å². The zero-order valence-corrected chi connectivity index (χ0v) is 7.19. The van der Waals surface area contributed by atoms with E-state index in [0.29, 0.717) is 6.04 Å². The Bertz CT molecular complexity index is 277. The summed E-state index contributed by atoms with van der Waals surface area (Å²) in [5, 5.41) is 0. The van der Waals surface area contributed by atoms with E-state index in [9.17, 15) is 0 Å². The van der Waals surface area contributed by atoms with Crippen LogP contribution in [0.3, 0.4) is 0 Å². The molecule has 5 aliphatic carbocycles. The van der Waals surface area contributed by atoms with Crippen molar-refractivity contribution < 1.29 is 0 Å². The summed E-state index contributed by atoms with van der Waals surface area (Å²) in [5.74, 6) is 8.84. The third-order valence-corrected chi connectivity index (χ3v) is 6.38. The molecular weight excluding hydrogens is 146 g/mol. The summed E-state index contributed by atoms with van der Waals surface area (Å²) in [6.07, 6.45) is 3.18. The van der Waals surface area contributed by atoms with Crippen LogP contribution in [0.2, 0.25) is 0 Å². The molecule has 1 heteroatoms. The van der Waals surface area contributed by atoms with E-state index in [4.69, 9.17) is 5.73 Å². The Morgan fingerprint density at radius 2 is 1.33 bits per heavy atom. The molecule has 0 saturated heterocycles. The highest BCUT2D eigenvalue weighted by Gasteiger charge is 2.79. The van der Waals surface area contributed by atoms with E-state index in [1.807, 2.05) is 0 Å². The van der Waals surface area contributed by atoms with Crippen molar-refractivity contribution in [1.29, 1.82) is 0 Å². The molecule has 5 saturated carbocycles. The Balaban J connectivity index is 1.86. The fourth-order valence-electron chi connectivity index (χ4n) is 6.55. The van der Waals surface area contributed by atoms with Crippen molar-refractivity contribution in [3.05, 3.63) is 0 Å². The van der Waals surface area contributed by atoms with Crippen LogP contribution in [0.5, 0.6) is 0 Å². The second-order valence-corrected chi connectivity index (χ2v) is 6.01. The van der Waals surface area contributed by atoms with E-state index in [1.54, 1.807) is 12.8 Å². The molecule has 0 aromatic heterocycles. The standard InChI is InChI=1S/C11H15N/c12-11-8-4-2-5-7-3(4)1-6(8)9(7)10(5)11/h3-11H,1-2,12H2/t3-,4+,5+,6+,7+,8-,9+,10+,11-/m0/s1. The van der Waals surface area contributed by atoms with Gasteiger partial charge in [0, 0.05) is 6.04 Å². The van der Waals surface area contributed by atoms with E-state index >= 15 is 0 Å². The van der Waals surface area contributed by atoms with Gasteiger partial charge in [-0.05, 0) is 60.2 Å². The average Bonchev–Trinajstić information content (AvgIpc) is 2.47. The summed E-state index contributed by atoms with van der Waals surface area (Å²) >= 11 is 0. The second kappa shape index (κ2) is 1.30. The van der Waals surface area contributed by atoms with Gasteiger partial charge in [0.15, 0.2) is 0 Å². The predicted molar refractivity (Wildman–Crippen MR) is 45.1 cm³/mol. The Morgan fingerprint density at radius 3 is 2.17 bits per heavy atom. The van der Waals surface area contributed by atoms with Gasteiger partial charge in [-0.25, -0.2) is 0 Å². The Labute approximate surface area is 72.7 Å². The maximum absolute atomic E-state index is 6.34. The average molecular weight is 161 g/mol. The molecule has 1 nitrogen and oxygen atoms in total. The third-order valence-electron chi connectivity index (χ3n) is 6.38. The van der Waals surface area contributed by atoms with Crippen LogP contribution in [0.4, 0.5) is 0 Å². The van der Waals surface area contributed by atoms with Gasteiger partial charge in [-0.1, -0.05) is 0 Å². The van der Waals surface area contributed by atoms with Crippen molar-refractivity contribution in [3.63, 3.8) is 0 Å². The fraction of sp³-hybridized carbons (Fsp3) is 1.00. The monoisotopic (exact) mass is 161 g/mol. The molecule has 0 amide bonds. The Kier molecular flexibility index (Phi) is 0.609. The lowest BCUT2D eigenvalue weighted by Gasteiger charge is -2.47. The van der Waals surface area contributed by atoms with Crippen LogP contribution in [0.1, 0.15) is 12.8 Å². The SMILES string of the molecule is N[C@H]1[C@H]2[C@@H]3C[C@@H]4[C@H]5[C@H]3C[C@H]2[C@H]5[C@H]14. The van der Waals surface area contributed by atoms with Gasteiger partial charge in [-0.15, -0.1) is 0 Å². The van der Waals surface area contributed by atoms with Gasteiger partial charge in [-0.3, -0.25) is 0 Å². The zero-order chi connectivity index (χ0) is 7.61. The van der Waals surface area contributed by atoms with Gasteiger partial charge in [0.05, 0.1) is 0 Å². The molecule has 0 radical (unpaired) electrons. The molecule has 5 rings (SSSR count). The first-order valence-electron chi connectivity index (χ1n) is 5.63. The Hall–Kier alpha value is -0.0400. The Morgan fingerprint density at radius 1 is 0.667 bits per heavy atom. The molecule has 0 aromatic carbocycles. The van der Waals surface area contributed by atoms with E-state index < -0.39 is 0 Å². The number of hydrogen-bond donors (Lipinski definition) is 1. The number of fused-ring (bicyclic) bond motifs is 2. The molecule has 5 fully saturated rings. The summed E-state index contributed by atoms with van der Waals surface area (Å²) in [7, 11) is 0. The van der Waals surface area contributed by atoms with E-state index in [0.717, 1.165) is 35.5 Å². The molecular formula is C11H15N. The highest BCUT2D eigenvalue weighted by molar-refractivity contribution is 5.28. The van der Waals surface area contributed by atoms with Crippen LogP contribution < -0.4 is 5.73 Å². The molecule has 2 N–H and O–H groups in total. The lowest BCUT2D eigenvalue weighted by atomic mass is 9.59. The molecule has 0 aromatic rings. The number of rotatable bonds is 0. The number of nitrogens with two attached hydrogens (primary N) is 1. The molecule has 64 valence electrons. The molecule has 5 aliphatic rings. The molecule has 0 spiro atoms. The molecule has 0 aliphatic heterocycles. The van der Waals surface area contributed by atoms with Crippen molar-refractivity contribution >= 4 is 0 Å².